The standard InChI is InChI=1S/C30H47O7P/c1-7-35-38(32,36-8-2)37-23-12-11-22-34-30(31)28-19-9-10-20-29(28)33-24-21-27(6)18-14-17-26(5)16-13-15-25(3)4/h9-10,15,17,19-21H,7-8,11-14,16,18,22-24H2,1-6H3. The average Bonchev–Trinajstić information content (AvgIpc) is 2.86. The second kappa shape index (κ2) is 19.8. The van der Waals surface area contributed by atoms with Crippen molar-refractivity contribution in [1.82, 2.24) is 0 Å². The molecule has 1 aromatic carbocycles. The molecule has 0 heterocycles. The van der Waals surface area contributed by atoms with Crippen LogP contribution in [0, 0.1) is 0 Å². The maximum Gasteiger partial charge on any atom is 0.474 e. The molecule has 7 nitrogen and oxygen atoms in total. The van der Waals surface area contributed by atoms with Crippen molar-refractivity contribution in [2.75, 3.05) is 33.0 Å². The van der Waals surface area contributed by atoms with E-state index in [1.54, 1.807) is 32.0 Å². The fourth-order valence-electron chi connectivity index (χ4n) is 3.42. The van der Waals surface area contributed by atoms with Crippen molar-refractivity contribution in [2.45, 2.75) is 80.1 Å². The van der Waals surface area contributed by atoms with E-state index >= 15 is 0 Å². The molecule has 0 amide bonds. The third-order valence-electron chi connectivity index (χ3n) is 5.50. The summed E-state index contributed by atoms with van der Waals surface area (Å²) in [6.45, 7) is 13.3. The van der Waals surface area contributed by atoms with Crippen LogP contribution in [-0.4, -0.2) is 39.0 Å². The van der Waals surface area contributed by atoms with Gasteiger partial charge in [0.25, 0.3) is 0 Å². The number of carbonyl (C=O) groups excluding carboxylic acids is 1. The Hall–Kier alpha value is -2.18. The van der Waals surface area contributed by atoms with Crippen LogP contribution in [0.15, 0.2) is 59.2 Å². The van der Waals surface area contributed by atoms with Gasteiger partial charge in [-0.2, -0.15) is 0 Å². The van der Waals surface area contributed by atoms with E-state index in [0.717, 1.165) is 25.7 Å². The third kappa shape index (κ3) is 15.3. The zero-order valence-corrected chi connectivity index (χ0v) is 25.0. The first-order valence-electron chi connectivity index (χ1n) is 13.6. The van der Waals surface area contributed by atoms with Crippen LogP contribution in [0.4, 0.5) is 0 Å². The Morgan fingerprint density at radius 1 is 0.816 bits per heavy atom. The molecule has 0 aliphatic heterocycles. The Bertz CT molecular complexity index is 951. The molecule has 0 radical (unpaired) electrons. The number of ether oxygens (including phenoxy) is 2. The number of unbranched alkanes of at least 4 members (excludes halogenated alkanes) is 1. The van der Waals surface area contributed by atoms with Crippen LogP contribution in [-0.2, 0) is 22.9 Å². The number of hydrogen-bond acceptors (Lipinski definition) is 7. The number of carbonyl (C=O) groups is 1. The lowest BCUT2D eigenvalue weighted by Gasteiger charge is -2.16. The summed E-state index contributed by atoms with van der Waals surface area (Å²) in [6.07, 6.45) is 11.9. The van der Waals surface area contributed by atoms with Crippen molar-refractivity contribution in [1.29, 1.82) is 0 Å². The van der Waals surface area contributed by atoms with E-state index in [1.165, 1.54) is 16.7 Å². The van der Waals surface area contributed by atoms with Crippen molar-refractivity contribution in [3.63, 3.8) is 0 Å². The van der Waals surface area contributed by atoms with Gasteiger partial charge in [0, 0.05) is 0 Å². The number of hydrogen-bond donors (Lipinski definition) is 0. The predicted octanol–water partition coefficient (Wildman–Crippen LogP) is 8.62. The van der Waals surface area contributed by atoms with Gasteiger partial charge in [0.05, 0.1) is 26.4 Å². The second-order valence-corrected chi connectivity index (χ2v) is 10.9. The van der Waals surface area contributed by atoms with Crippen LogP contribution >= 0.6 is 7.82 Å². The fraction of sp³-hybridized carbons (Fsp3) is 0.567. The Balaban J connectivity index is 2.42. The number of para-hydroxylation sites is 1. The second-order valence-electron chi connectivity index (χ2n) is 9.23. The molecule has 0 aliphatic rings. The number of phosphoric ester groups is 1. The van der Waals surface area contributed by atoms with Gasteiger partial charge in [-0.3, -0.25) is 13.6 Å². The number of phosphoric acid groups is 1. The molecular formula is C30H47O7P. The average molecular weight is 551 g/mol. The topological polar surface area (TPSA) is 80.3 Å². The largest absolute Gasteiger partial charge is 0.489 e. The molecule has 0 spiro atoms. The molecule has 0 saturated heterocycles. The molecule has 0 atom stereocenters. The van der Waals surface area contributed by atoms with E-state index in [1.807, 2.05) is 6.07 Å². The summed E-state index contributed by atoms with van der Waals surface area (Å²) >= 11 is 0. The molecule has 8 heteroatoms. The molecule has 0 fully saturated rings. The molecule has 0 aliphatic carbocycles. The molecule has 0 N–H and O–H groups in total. The molecule has 38 heavy (non-hydrogen) atoms. The van der Waals surface area contributed by atoms with Gasteiger partial charge < -0.3 is 9.47 Å². The van der Waals surface area contributed by atoms with E-state index in [0.29, 0.717) is 30.8 Å². The summed E-state index contributed by atoms with van der Waals surface area (Å²) in [5.41, 5.74) is 4.42. The zero-order valence-electron chi connectivity index (χ0n) is 24.1. The highest BCUT2D eigenvalue weighted by Crippen LogP contribution is 2.49. The van der Waals surface area contributed by atoms with Crippen LogP contribution in [0.25, 0.3) is 0 Å². The normalized spacial score (nSPS) is 12.4. The highest BCUT2D eigenvalue weighted by Gasteiger charge is 2.24. The highest BCUT2D eigenvalue weighted by atomic mass is 31.2. The highest BCUT2D eigenvalue weighted by molar-refractivity contribution is 7.48. The molecule has 0 aromatic heterocycles. The summed E-state index contributed by atoms with van der Waals surface area (Å²) in [5, 5.41) is 0. The first-order chi connectivity index (χ1) is 18.2. The van der Waals surface area contributed by atoms with Gasteiger partial charge >= 0.3 is 13.8 Å². The quantitative estimate of drug-likeness (QED) is 0.0696. The maximum absolute atomic E-state index is 12.6. The van der Waals surface area contributed by atoms with E-state index in [4.69, 9.17) is 23.0 Å². The predicted molar refractivity (Wildman–Crippen MR) is 154 cm³/mol. The van der Waals surface area contributed by atoms with Crippen LogP contribution in [0.1, 0.15) is 90.4 Å². The van der Waals surface area contributed by atoms with Crippen LogP contribution < -0.4 is 4.74 Å². The lowest BCUT2D eigenvalue weighted by Crippen LogP contribution is -2.10. The summed E-state index contributed by atoms with van der Waals surface area (Å²) < 4.78 is 39.0. The van der Waals surface area contributed by atoms with Crippen molar-refractivity contribution in [3.8, 4) is 5.75 Å². The monoisotopic (exact) mass is 550 g/mol. The Morgan fingerprint density at radius 3 is 2.08 bits per heavy atom. The lowest BCUT2D eigenvalue weighted by molar-refractivity contribution is 0.0483. The number of allylic oxidation sites excluding steroid dienone is 5. The number of rotatable bonds is 20. The van der Waals surface area contributed by atoms with Gasteiger partial charge in [0.1, 0.15) is 17.9 Å². The molecule has 1 rings (SSSR count). The molecule has 1 aromatic rings. The Morgan fingerprint density at radius 2 is 1.42 bits per heavy atom. The van der Waals surface area contributed by atoms with Crippen molar-refractivity contribution in [3.05, 3.63) is 64.8 Å². The van der Waals surface area contributed by atoms with Crippen LogP contribution in [0.2, 0.25) is 0 Å². The van der Waals surface area contributed by atoms with Gasteiger partial charge in [-0.05, 0) is 98.3 Å². The summed E-state index contributed by atoms with van der Waals surface area (Å²) in [4.78, 5) is 12.6. The maximum atomic E-state index is 12.6. The van der Waals surface area contributed by atoms with E-state index in [-0.39, 0.29) is 26.4 Å². The smallest absolute Gasteiger partial charge is 0.474 e. The lowest BCUT2D eigenvalue weighted by atomic mass is 10.1. The SMILES string of the molecule is CCOP(=O)(OCC)OCCCCOC(=O)c1ccccc1OCC=C(C)CCC=C(C)CCC=C(C)C. The molecule has 0 saturated carbocycles. The van der Waals surface area contributed by atoms with Crippen LogP contribution in [0.5, 0.6) is 5.75 Å². The van der Waals surface area contributed by atoms with Gasteiger partial charge in [0.15, 0.2) is 0 Å². The fourth-order valence-corrected chi connectivity index (χ4v) is 4.63. The first kappa shape index (κ1) is 33.8. The minimum Gasteiger partial charge on any atom is -0.489 e. The summed E-state index contributed by atoms with van der Waals surface area (Å²) in [7, 11) is -3.51. The molecule has 0 bridgehead atoms. The van der Waals surface area contributed by atoms with Gasteiger partial charge in [-0.15, -0.1) is 0 Å². The van der Waals surface area contributed by atoms with Crippen molar-refractivity contribution >= 4 is 13.8 Å². The van der Waals surface area contributed by atoms with Crippen molar-refractivity contribution in [2.24, 2.45) is 0 Å². The molecule has 0 unspecified atom stereocenters. The molecular weight excluding hydrogens is 503 g/mol. The molecule has 214 valence electrons. The summed E-state index contributed by atoms with van der Waals surface area (Å²) in [6, 6.07) is 7.08. The van der Waals surface area contributed by atoms with E-state index in [9.17, 15) is 9.36 Å². The number of benzene rings is 1. The van der Waals surface area contributed by atoms with E-state index < -0.39 is 13.8 Å². The number of esters is 1. The zero-order chi connectivity index (χ0) is 28.2. The minimum absolute atomic E-state index is 0.186. The van der Waals surface area contributed by atoms with Gasteiger partial charge in [-0.25, -0.2) is 9.36 Å². The van der Waals surface area contributed by atoms with Crippen molar-refractivity contribution < 1.29 is 32.4 Å². The van der Waals surface area contributed by atoms with Crippen LogP contribution in [0.3, 0.4) is 0 Å². The third-order valence-corrected chi connectivity index (χ3v) is 7.14. The Kier molecular flexibility index (Phi) is 17.7. The Labute approximate surface area is 229 Å². The summed E-state index contributed by atoms with van der Waals surface area (Å²) in [5.74, 6) is 0.0551. The van der Waals surface area contributed by atoms with Gasteiger partial charge in [-0.1, -0.05) is 41.0 Å². The first-order valence-corrected chi connectivity index (χ1v) is 15.0. The van der Waals surface area contributed by atoms with E-state index in [2.05, 4.69) is 45.9 Å². The van der Waals surface area contributed by atoms with Gasteiger partial charge in [0.2, 0.25) is 0 Å². The minimum atomic E-state index is -3.51.